The molecule has 16 heavy (non-hydrogen) atoms. The van der Waals surface area contributed by atoms with Crippen LogP contribution in [0.2, 0.25) is 0 Å². The number of aromatic nitrogens is 2. The number of nitrogens with zero attached hydrogens (tertiary/aromatic N) is 2. The predicted octanol–water partition coefficient (Wildman–Crippen LogP) is 2.58. The lowest BCUT2D eigenvalue weighted by Crippen LogP contribution is -2.24. The van der Waals surface area contributed by atoms with Gasteiger partial charge in [0.1, 0.15) is 0 Å². The van der Waals surface area contributed by atoms with Crippen molar-refractivity contribution in [2.24, 2.45) is 18.9 Å². The van der Waals surface area contributed by atoms with E-state index in [1.165, 1.54) is 37.1 Å². The molecule has 3 nitrogen and oxygen atoms in total. The van der Waals surface area contributed by atoms with Crippen LogP contribution in [0.15, 0.2) is 6.20 Å². The second kappa shape index (κ2) is 3.79. The van der Waals surface area contributed by atoms with Gasteiger partial charge in [0.15, 0.2) is 0 Å². The molecule has 0 aliphatic heterocycles. The Morgan fingerprint density at radius 2 is 2.00 bits per heavy atom. The van der Waals surface area contributed by atoms with E-state index in [0.717, 1.165) is 24.3 Å². The quantitative estimate of drug-likeness (QED) is 0.825. The Kier molecular flexibility index (Phi) is 2.41. The summed E-state index contributed by atoms with van der Waals surface area (Å²) in [4.78, 5) is 0. The Hall–Kier alpha value is -0.990. The smallest absolute Gasteiger partial charge is 0.0853 e. The van der Waals surface area contributed by atoms with Crippen molar-refractivity contribution in [3.63, 3.8) is 0 Å². The van der Waals surface area contributed by atoms with Crippen LogP contribution < -0.4 is 5.32 Å². The Bertz CT molecular complexity index is 363. The van der Waals surface area contributed by atoms with E-state index in [-0.39, 0.29) is 0 Å². The zero-order chi connectivity index (χ0) is 11.1. The standard InChI is InChI=1S/C13H21N3/c1-3-11-12(8-16(2)15-11)14-13(9-4-5-9)10-6-7-10/h8-10,13-14H,3-7H2,1-2H3. The van der Waals surface area contributed by atoms with Crippen molar-refractivity contribution in [1.29, 1.82) is 0 Å². The molecule has 0 aromatic carbocycles. The third-order valence-corrected chi connectivity index (χ3v) is 3.82. The topological polar surface area (TPSA) is 29.9 Å². The highest BCUT2D eigenvalue weighted by atomic mass is 15.3. The van der Waals surface area contributed by atoms with E-state index in [2.05, 4.69) is 23.5 Å². The lowest BCUT2D eigenvalue weighted by Gasteiger charge is -2.18. The first kappa shape index (κ1) is 10.2. The molecule has 0 atom stereocenters. The van der Waals surface area contributed by atoms with Gasteiger partial charge in [-0.1, -0.05) is 6.92 Å². The van der Waals surface area contributed by atoms with Crippen molar-refractivity contribution in [3.8, 4) is 0 Å². The lowest BCUT2D eigenvalue weighted by atomic mass is 10.1. The zero-order valence-corrected chi connectivity index (χ0v) is 10.2. The SMILES string of the molecule is CCc1nn(C)cc1NC(C1CC1)C1CC1. The van der Waals surface area contributed by atoms with Crippen LogP contribution in [0.3, 0.4) is 0 Å². The maximum absolute atomic E-state index is 4.50. The predicted molar refractivity (Wildman–Crippen MR) is 65.4 cm³/mol. The van der Waals surface area contributed by atoms with Gasteiger partial charge in [-0.2, -0.15) is 5.10 Å². The molecule has 1 aromatic heterocycles. The molecule has 1 heterocycles. The molecule has 0 saturated heterocycles. The molecule has 0 amide bonds. The number of nitrogens with one attached hydrogen (secondary N) is 1. The van der Waals surface area contributed by atoms with Crippen molar-refractivity contribution in [2.45, 2.75) is 45.1 Å². The van der Waals surface area contributed by atoms with Crippen LogP contribution in [0, 0.1) is 11.8 Å². The summed E-state index contributed by atoms with van der Waals surface area (Å²) in [6.45, 7) is 2.18. The molecule has 3 rings (SSSR count). The van der Waals surface area contributed by atoms with Gasteiger partial charge in [0.2, 0.25) is 0 Å². The van der Waals surface area contributed by atoms with Crippen LogP contribution in [-0.4, -0.2) is 15.8 Å². The molecule has 2 aliphatic rings. The zero-order valence-electron chi connectivity index (χ0n) is 10.2. The van der Waals surface area contributed by atoms with Gasteiger partial charge in [-0.15, -0.1) is 0 Å². The maximum atomic E-state index is 4.50. The average molecular weight is 219 g/mol. The van der Waals surface area contributed by atoms with Gasteiger partial charge in [-0.05, 0) is 43.9 Å². The van der Waals surface area contributed by atoms with Gasteiger partial charge in [0, 0.05) is 19.3 Å². The van der Waals surface area contributed by atoms with Crippen molar-refractivity contribution in [3.05, 3.63) is 11.9 Å². The third kappa shape index (κ3) is 1.95. The second-order valence-electron chi connectivity index (χ2n) is 5.36. The fourth-order valence-electron chi connectivity index (χ4n) is 2.63. The molecule has 2 aliphatic carbocycles. The molecule has 3 heteroatoms. The van der Waals surface area contributed by atoms with Crippen molar-refractivity contribution in [2.75, 3.05) is 5.32 Å². The number of rotatable bonds is 5. The van der Waals surface area contributed by atoms with E-state index in [4.69, 9.17) is 0 Å². The molecule has 2 fully saturated rings. The second-order valence-corrected chi connectivity index (χ2v) is 5.36. The van der Waals surface area contributed by atoms with E-state index in [9.17, 15) is 0 Å². The Labute approximate surface area is 97.2 Å². The number of anilines is 1. The molecule has 2 saturated carbocycles. The highest BCUT2D eigenvalue weighted by molar-refractivity contribution is 5.48. The molecule has 0 bridgehead atoms. The minimum atomic E-state index is 0.731. The minimum absolute atomic E-state index is 0.731. The van der Waals surface area contributed by atoms with Gasteiger partial charge >= 0.3 is 0 Å². The fourth-order valence-corrected chi connectivity index (χ4v) is 2.63. The third-order valence-electron chi connectivity index (χ3n) is 3.82. The summed E-state index contributed by atoms with van der Waals surface area (Å²) in [5, 5.41) is 8.26. The lowest BCUT2D eigenvalue weighted by molar-refractivity contribution is 0.567. The number of hydrogen-bond acceptors (Lipinski definition) is 2. The van der Waals surface area contributed by atoms with E-state index in [1.54, 1.807) is 0 Å². The van der Waals surface area contributed by atoms with E-state index in [1.807, 2.05) is 11.7 Å². The first-order valence-corrected chi connectivity index (χ1v) is 6.57. The summed E-state index contributed by atoms with van der Waals surface area (Å²) < 4.78 is 1.93. The van der Waals surface area contributed by atoms with Crippen molar-refractivity contribution >= 4 is 5.69 Å². The molecular formula is C13H21N3. The summed E-state index contributed by atoms with van der Waals surface area (Å²) in [7, 11) is 2.01. The first-order valence-electron chi connectivity index (χ1n) is 6.57. The number of aryl methyl sites for hydroxylation is 2. The van der Waals surface area contributed by atoms with Crippen LogP contribution in [0.1, 0.15) is 38.3 Å². The van der Waals surface area contributed by atoms with Crippen LogP contribution in [-0.2, 0) is 13.5 Å². The van der Waals surface area contributed by atoms with Crippen LogP contribution in [0.4, 0.5) is 5.69 Å². The van der Waals surface area contributed by atoms with Crippen LogP contribution >= 0.6 is 0 Å². The summed E-state index contributed by atoms with van der Waals surface area (Å²) >= 11 is 0. The summed E-state index contributed by atoms with van der Waals surface area (Å²) in [5.74, 6) is 1.88. The normalized spacial score (nSPS) is 20.4. The first-order chi connectivity index (χ1) is 7.78. The van der Waals surface area contributed by atoms with Gasteiger partial charge < -0.3 is 5.32 Å². The Morgan fingerprint density at radius 3 is 2.50 bits per heavy atom. The van der Waals surface area contributed by atoms with Gasteiger partial charge in [-0.25, -0.2) is 0 Å². The molecule has 1 N–H and O–H groups in total. The highest BCUT2D eigenvalue weighted by Crippen LogP contribution is 2.46. The monoisotopic (exact) mass is 219 g/mol. The molecule has 88 valence electrons. The molecular weight excluding hydrogens is 198 g/mol. The fraction of sp³-hybridized carbons (Fsp3) is 0.769. The van der Waals surface area contributed by atoms with Gasteiger partial charge in [0.05, 0.1) is 11.4 Å². The summed E-state index contributed by atoms with van der Waals surface area (Å²) in [6.07, 6.45) is 8.86. The van der Waals surface area contributed by atoms with Crippen molar-refractivity contribution < 1.29 is 0 Å². The highest BCUT2D eigenvalue weighted by Gasteiger charge is 2.41. The van der Waals surface area contributed by atoms with Crippen LogP contribution in [0.25, 0.3) is 0 Å². The largest absolute Gasteiger partial charge is 0.379 e. The van der Waals surface area contributed by atoms with Gasteiger partial charge in [-0.3, -0.25) is 4.68 Å². The average Bonchev–Trinajstić information content (AvgIpc) is 3.13. The summed E-state index contributed by atoms with van der Waals surface area (Å²) in [6, 6.07) is 0.731. The number of hydrogen-bond donors (Lipinski definition) is 1. The molecule has 0 unspecified atom stereocenters. The van der Waals surface area contributed by atoms with Crippen LogP contribution in [0.5, 0.6) is 0 Å². The minimum Gasteiger partial charge on any atom is -0.379 e. The van der Waals surface area contributed by atoms with Gasteiger partial charge in [0.25, 0.3) is 0 Å². The Balaban J connectivity index is 1.75. The van der Waals surface area contributed by atoms with E-state index >= 15 is 0 Å². The molecule has 0 radical (unpaired) electrons. The molecule has 0 spiro atoms. The van der Waals surface area contributed by atoms with E-state index in [0.29, 0.717) is 0 Å². The summed E-state index contributed by atoms with van der Waals surface area (Å²) in [5.41, 5.74) is 2.49. The maximum Gasteiger partial charge on any atom is 0.0853 e. The molecule has 1 aromatic rings. The Morgan fingerprint density at radius 1 is 1.38 bits per heavy atom. The van der Waals surface area contributed by atoms with Crippen molar-refractivity contribution in [1.82, 2.24) is 9.78 Å². The van der Waals surface area contributed by atoms with E-state index < -0.39 is 0 Å².